The Bertz CT molecular complexity index is 507. The van der Waals surface area contributed by atoms with Gasteiger partial charge < -0.3 is 20.1 Å². The fourth-order valence-corrected chi connectivity index (χ4v) is 1.98. The Morgan fingerprint density at radius 2 is 2.32 bits per heavy atom. The average molecular weight is 285 g/mol. The Morgan fingerprint density at radius 3 is 2.89 bits per heavy atom. The molecule has 0 aromatic heterocycles. The van der Waals surface area contributed by atoms with E-state index in [0.717, 1.165) is 0 Å². The molecule has 1 fully saturated rings. The molecule has 19 heavy (non-hydrogen) atoms. The van der Waals surface area contributed by atoms with Crippen LogP contribution in [0, 0.1) is 0 Å². The van der Waals surface area contributed by atoms with E-state index in [-0.39, 0.29) is 16.6 Å². The molecule has 0 saturated carbocycles. The molecule has 1 aromatic rings. The summed E-state index contributed by atoms with van der Waals surface area (Å²) in [6.45, 7) is 2.07. The topological polar surface area (TPSA) is 78.9 Å². The summed E-state index contributed by atoms with van der Waals surface area (Å²) >= 11 is 5.92. The van der Waals surface area contributed by atoms with E-state index in [1.54, 1.807) is 4.90 Å². The van der Waals surface area contributed by atoms with Crippen LogP contribution in [0.3, 0.4) is 0 Å². The zero-order valence-corrected chi connectivity index (χ0v) is 10.8. The zero-order chi connectivity index (χ0) is 13.8. The van der Waals surface area contributed by atoms with E-state index >= 15 is 0 Å². The number of rotatable bonds is 5. The van der Waals surface area contributed by atoms with E-state index in [2.05, 4.69) is 5.32 Å². The minimum Gasteiger partial charge on any atom is -0.490 e. The number of carboxylic acids is 1. The molecule has 2 rings (SSSR count). The zero-order valence-electron chi connectivity index (χ0n) is 10.1. The van der Waals surface area contributed by atoms with Gasteiger partial charge in [-0.2, -0.15) is 0 Å². The molecule has 6 nitrogen and oxygen atoms in total. The first kappa shape index (κ1) is 13.5. The van der Waals surface area contributed by atoms with Gasteiger partial charge in [-0.15, -0.1) is 0 Å². The summed E-state index contributed by atoms with van der Waals surface area (Å²) in [4.78, 5) is 23.6. The van der Waals surface area contributed by atoms with Gasteiger partial charge >= 0.3 is 12.0 Å². The number of benzene rings is 1. The molecule has 1 aliphatic heterocycles. The minimum atomic E-state index is -1.04. The summed E-state index contributed by atoms with van der Waals surface area (Å²) < 4.78 is 5.44. The Balaban J connectivity index is 1.89. The van der Waals surface area contributed by atoms with E-state index in [1.807, 2.05) is 0 Å². The van der Waals surface area contributed by atoms with Crippen molar-refractivity contribution in [3.63, 3.8) is 0 Å². The number of nitrogens with one attached hydrogen (secondary N) is 1. The molecule has 0 radical (unpaired) electrons. The maximum Gasteiger partial charge on any atom is 0.335 e. The first-order valence-corrected chi connectivity index (χ1v) is 6.14. The molecule has 1 saturated heterocycles. The lowest BCUT2D eigenvalue weighted by Crippen LogP contribution is -2.31. The standard InChI is InChI=1S/C12H13ClN2O4/c13-9-7-8(11(16)17)1-2-10(9)19-6-5-15-4-3-14-12(15)18/h1-2,7H,3-6H2,(H,14,18)(H,16,17). The van der Waals surface area contributed by atoms with Gasteiger partial charge in [0.1, 0.15) is 12.4 Å². The summed E-state index contributed by atoms with van der Waals surface area (Å²) in [6, 6.07) is 4.17. The number of carbonyl (C=O) groups excluding carboxylic acids is 1. The summed E-state index contributed by atoms with van der Waals surface area (Å²) in [5, 5.41) is 11.7. The van der Waals surface area contributed by atoms with Crippen LogP contribution >= 0.6 is 11.6 Å². The highest BCUT2D eigenvalue weighted by atomic mass is 35.5. The third-order valence-corrected chi connectivity index (χ3v) is 3.04. The first-order valence-electron chi connectivity index (χ1n) is 5.76. The molecule has 1 heterocycles. The molecule has 0 atom stereocenters. The maximum atomic E-state index is 11.3. The average Bonchev–Trinajstić information content (AvgIpc) is 2.77. The van der Waals surface area contributed by atoms with E-state index in [0.29, 0.717) is 32.0 Å². The fourth-order valence-electron chi connectivity index (χ4n) is 1.74. The summed E-state index contributed by atoms with van der Waals surface area (Å²) in [5.74, 6) is -0.631. The largest absolute Gasteiger partial charge is 0.490 e. The van der Waals surface area contributed by atoms with Crippen molar-refractivity contribution in [1.29, 1.82) is 0 Å². The van der Waals surface area contributed by atoms with Crippen LogP contribution in [0.4, 0.5) is 4.79 Å². The van der Waals surface area contributed by atoms with Crippen LogP contribution in [0.15, 0.2) is 18.2 Å². The number of aromatic carboxylic acids is 1. The second kappa shape index (κ2) is 5.79. The van der Waals surface area contributed by atoms with Crippen molar-refractivity contribution in [2.75, 3.05) is 26.2 Å². The number of carboxylic acid groups (broad SMARTS) is 1. The Morgan fingerprint density at radius 1 is 1.53 bits per heavy atom. The van der Waals surface area contributed by atoms with Gasteiger partial charge in [0.15, 0.2) is 0 Å². The van der Waals surface area contributed by atoms with Crippen molar-refractivity contribution < 1.29 is 19.4 Å². The lowest BCUT2D eigenvalue weighted by molar-refractivity contribution is 0.0697. The van der Waals surface area contributed by atoms with Gasteiger partial charge in [-0.1, -0.05) is 11.6 Å². The number of amides is 2. The lowest BCUT2D eigenvalue weighted by Gasteiger charge is -2.15. The highest BCUT2D eigenvalue weighted by molar-refractivity contribution is 6.32. The number of urea groups is 1. The Hall–Kier alpha value is -1.95. The van der Waals surface area contributed by atoms with Crippen molar-refractivity contribution in [3.8, 4) is 5.75 Å². The SMILES string of the molecule is O=C(O)c1ccc(OCCN2CCNC2=O)c(Cl)c1. The van der Waals surface area contributed by atoms with Gasteiger partial charge in [0.25, 0.3) is 0 Å². The monoisotopic (exact) mass is 284 g/mol. The molecular weight excluding hydrogens is 272 g/mol. The Labute approximate surface area is 114 Å². The van der Waals surface area contributed by atoms with Crippen LogP contribution in [-0.4, -0.2) is 48.2 Å². The van der Waals surface area contributed by atoms with E-state index in [4.69, 9.17) is 21.4 Å². The molecule has 102 valence electrons. The van der Waals surface area contributed by atoms with Gasteiger partial charge in [0.2, 0.25) is 0 Å². The van der Waals surface area contributed by atoms with Crippen LogP contribution in [0.25, 0.3) is 0 Å². The van der Waals surface area contributed by atoms with Crippen LogP contribution < -0.4 is 10.1 Å². The maximum absolute atomic E-state index is 11.3. The summed E-state index contributed by atoms with van der Waals surface area (Å²) in [5.41, 5.74) is 0.108. The lowest BCUT2D eigenvalue weighted by atomic mass is 10.2. The van der Waals surface area contributed by atoms with Crippen LogP contribution in [0.5, 0.6) is 5.75 Å². The van der Waals surface area contributed by atoms with Gasteiger partial charge in [-0.25, -0.2) is 9.59 Å². The molecule has 7 heteroatoms. The minimum absolute atomic E-state index is 0.101. The molecule has 0 spiro atoms. The number of hydrogen-bond donors (Lipinski definition) is 2. The van der Waals surface area contributed by atoms with Crippen LogP contribution in [0.1, 0.15) is 10.4 Å². The van der Waals surface area contributed by atoms with Gasteiger partial charge in [0, 0.05) is 13.1 Å². The van der Waals surface area contributed by atoms with Crippen LogP contribution in [-0.2, 0) is 0 Å². The number of ether oxygens (including phenoxy) is 1. The quantitative estimate of drug-likeness (QED) is 0.857. The molecule has 2 amide bonds. The molecule has 2 N–H and O–H groups in total. The second-order valence-corrected chi connectivity index (χ2v) is 4.42. The highest BCUT2D eigenvalue weighted by Gasteiger charge is 2.18. The molecular formula is C12H13ClN2O4. The molecule has 1 aromatic carbocycles. The number of hydrogen-bond acceptors (Lipinski definition) is 3. The summed E-state index contributed by atoms with van der Waals surface area (Å²) in [7, 11) is 0. The van der Waals surface area contributed by atoms with Crippen molar-refractivity contribution >= 4 is 23.6 Å². The van der Waals surface area contributed by atoms with Crippen molar-refractivity contribution in [2.45, 2.75) is 0 Å². The third-order valence-electron chi connectivity index (χ3n) is 2.74. The first-order chi connectivity index (χ1) is 9.08. The molecule has 0 bridgehead atoms. The van der Waals surface area contributed by atoms with Gasteiger partial charge in [-0.05, 0) is 18.2 Å². The van der Waals surface area contributed by atoms with Crippen molar-refractivity contribution in [2.24, 2.45) is 0 Å². The fraction of sp³-hybridized carbons (Fsp3) is 0.333. The predicted octanol–water partition coefficient (Wildman–Crippen LogP) is 1.44. The Kier molecular flexibility index (Phi) is 4.11. The third kappa shape index (κ3) is 3.29. The molecule has 0 aliphatic carbocycles. The van der Waals surface area contributed by atoms with Crippen LogP contribution in [0.2, 0.25) is 5.02 Å². The van der Waals surface area contributed by atoms with Gasteiger partial charge in [0.05, 0.1) is 17.1 Å². The normalized spacial score (nSPS) is 14.4. The second-order valence-electron chi connectivity index (χ2n) is 4.02. The number of carbonyl (C=O) groups is 2. The van der Waals surface area contributed by atoms with E-state index in [1.165, 1.54) is 18.2 Å². The number of halogens is 1. The smallest absolute Gasteiger partial charge is 0.335 e. The molecule has 1 aliphatic rings. The highest BCUT2D eigenvalue weighted by Crippen LogP contribution is 2.25. The van der Waals surface area contributed by atoms with E-state index < -0.39 is 5.97 Å². The van der Waals surface area contributed by atoms with Crippen molar-refractivity contribution in [1.82, 2.24) is 10.2 Å². The van der Waals surface area contributed by atoms with Gasteiger partial charge in [-0.3, -0.25) is 0 Å². The van der Waals surface area contributed by atoms with Crippen molar-refractivity contribution in [3.05, 3.63) is 28.8 Å². The van der Waals surface area contributed by atoms with E-state index in [9.17, 15) is 9.59 Å². The predicted molar refractivity (Wildman–Crippen MR) is 68.9 cm³/mol. The summed E-state index contributed by atoms with van der Waals surface area (Å²) in [6.07, 6.45) is 0. The number of nitrogens with zero attached hydrogens (tertiary/aromatic N) is 1. The molecule has 0 unspecified atom stereocenters.